The van der Waals surface area contributed by atoms with E-state index >= 15 is 0 Å². The number of amides is 1. The molecule has 0 heterocycles. The van der Waals surface area contributed by atoms with Gasteiger partial charge in [0.2, 0.25) is 5.91 Å². The van der Waals surface area contributed by atoms with Gasteiger partial charge in [0, 0.05) is 13.1 Å². The van der Waals surface area contributed by atoms with Crippen LogP contribution in [0.4, 0.5) is 8.78 Å². The second-order valence-electron chi connectivity index (χ2n) is 5.03. The Morgan fingerprint density at radius 1 is 1.42 bits per heavy atom. The number of hydrogen-bond donors (Lipinski definition) is 3. The Kier molecular flexibility index (Phi) is 4.97. The first kappa shape index (κ1) is 15.5. The maximum absolute atomic E-state index is 13.4. The van der Waals surface area contributed by atoms with E-state index in [1.165, 1.54) is 6.07 Å². The van der Waals surface area contributed by atoms with Crippen LogP contribution in [0, 0.1) is 17.0 Å². The number of aliphatic hydroxyl groups is 1. The Balaban J connectivity index is 2.62. The zero-order valence-electron chi connectivity index (χ0n) is 10.9. The van der Waals surface area contributed by atoms with E-state index in [4.69, 9.17) is 5.73 Å². The third-order valence-corrected chi connectivity index (χ3v) is 2.90. The summed E-state index contributed by atoms with van der Waals surface area (Å²) in [5, 5.41) is 12.5. The Morgan fingerprint density at radius 3 is 2.42 bits per heavy atom. The third-order valence-electron chi connectivity index (χ3n) is 2.90. The first-order valence-electron chi connectivity index (χ1n) is 5.88. The van der Waals surface area contributed by atoms with Crippen molar-refractivity contribution in [1.82, 2.24) is 5.32 Å². The van der Waals surface area contributed by atoms with Crippen molar-refractivity contribution >= 4 is 5.91 Å². The van der Waals surface area contributed by atoms with E-state index in [1.54, 1.807) is 13.8 Å². The van der Waals surface area contributed by atoms with Gasteiger partial charge < -0.3 is 16.2 Å². The van der Waals surface area contributed by atoms with Crippen LogP contribution in [0.1, 0.15) is 25.5 Å². The molecule has 19 heavy (non-hydrogen) atoms. The van der Waals surface area contributed by atoms with E-state index in [0.717, 1.165) is 12.1 Å². The average Bonchev–Trinajstić information content (AvgIpc) is 2.28. The summed E-state index contributed by atoms with van der Waals surface area (Å²) in [6, 6.07) is 3.38. The summed E-state index contributed by atoms with van der Waals surface area (Å²) in [6.07, 6.45) is -1.33. The number of carbonyl (C=O) groups excluding carboxylic acids is 1. The van der Waals surface area contributed by atoms with E-state index in [0.29, 0.717) is 0 Å². The maximum atomic E-state index is 13.4. The van der Waals surface area contributed by atoms with Crippen molar-refractivity contribution in [3.05, 3.63) is 35.4 Å². The molecule has 0 aliphatic carbocycles. The first-order valence-corrected chi connectivity index (χ1v) is 5.88. The molecule has 1 unspecified atom stereocenters. The molecule has 0 spiro atoms. The molecular formula is C13H18F2N2O2. The lowest BCUT2D eigenvalue weighted by molar-refractivity contribution is -0.125. The normalized spacial score (nSPS) is 13.3. The quantitative estimate of drug-likeness (QED) is 0.726. The number of rotatable bonds is 6. The Hall–Kier alpha value is -1.53. The van der Waals surface area contributed by atoms with Gasteiger partial charge in [-0.1, -0.05) is 6.07 Å². The van der Waals surface area contributed by atoms with E-state index in [2.05, 4.69) is 5.32 Å². The Morgan fingerprint density at radius 2 is 1.95 bits per heavy atom. The summed E-state index contributed by atoms with van der Waals surface area (Å²) >= 11 is 0. The molecule has 1 aromatic carbocycles. The van der Waals surface area contributed by atoms with Crippen molar-refractivity contribution in [3.8, 4) is 0 Å². The van der Waals surface area contributed by atoms with E-state index < -0.39 is 29.1 Å². The minimum atomic E-state index is -1.33. The fraction of sp³-hybridized carbons (Fsp3) is 0.462. The van der Waals surface area contributed by atoms with Crippen molar-refractivity contribution in [2.75, 3.05) is 13.1 Å². The van der Waals surface area contributed by atoms with Crippen molar-refractivity contribution in [2.45, 2.75) is 20.0 Å². The number of benzene rings is 1. The molecule has 0 radical (unpaired) electrons. The molecule has 0 aliphatic rings. The highest BCUT2D eigenvalue weighted by Crippen LogP contribution is 2.20. The van der Waals surface area contributed by atoms with Gasteiger partial charge in [-0.05, 0) is 26.0 Å². The smallest absolute Gasteiger partial charge is 0.224 e. The van der Waals surface area contributed by atoms with Gasteiger partial charge in [0.25, 0.3) is 0 Å². The van der Waals surface area contributed by atoms with Gasteiger partial charge in [0.05, 0.1) is 17.1 Å². The molecule has 4 nitrogen and oxygen atoms in total. The molecule has 4 N–H and O–H groups in total. The van der Waals surface area contributed by atoms with Crippen molar-refractivity contribution in [1.29, 1.82) is 0 Å². The summed E-state index contributed by atoms with van der Waals surface area (Å²) in [6.45, 7) is 3.40. The molecule has 0 saturated carbocycles. The summed E-state index contributed by atoms with van der Waals surface area (Å²) in [5.74, 6) is -2.10. The lowest BCUT2D eigenvalue weighted by Crippen LogP contribution is -2.41. The van der Waals surface area contributed by atoms with Gasteiger partial charge in [-0.2, -0.15) is 0 Å². The number of hydrogen-bond acceptors (Lipinski definition) is 3. The minimum absolute atomic E-state index is 0.0748. The highest BCUT2D eigenvalue weighted by molar-refractivity contribution is 5.80. The van der Waals surface area contributed by atoms with Crippen LogP contribution in [0.3, 0.4) is 0 Å². The number of nitrogens with one attached hydrogen (secondary N) is 1. The number of aliphatic hydroxyl groups excluding tert-OH is 1. The van der Waals surface area contributed by atoms with Crippen LogP contribution in [0.25, 0.3) is 0 Å². The molecule has 0 bridgehead atoms. The zero-order chi connectivity index (χ0) is 14.6. The number of primary amides is 1. The van der Waals surface area contributed by atoms with E-state index in [1.807, 2.05) is 0 Å². The van der Waals surface area contributed by atoms with Gasteiger partial charge >= 0.3 is 0 Å². The SMILES string of the molecule is CC(C)(CNCC(O)c1c(F)cccc1F)C(N)=O. The standard InChI is InChI=1S/C13H18F2N2O2/c1-13(2,12(16)19)7-17-6-10(18)11-8(14)4-3-5-9(11)15/h3-5,10,17-18H,6-7H2,1-2H3,(H2,16,19). The van der Waals surface area contributed by atoms with Crippen LogP contribution < -0.4 is 11.1 Å². The topological polar surface area (TPSA) is 75.3 Å². The van der Waals surface area contributed by atoms with E-state index in [-0.39, 0.29) is 18.7 Å². The predicted molar refractivity (Wildman–Crippen MR) is 67.2 cm³/mol. The molecule has 1 amide bonds. The highest BCUT2D eigenvalue weighted by Gasteiger charge is 2.25. The van der Waals surface area contributed by atoms with Crippen LogP contribution in [0.2, 0.25) is 0 Å². The summed E-state index contributed by atoms with van der Waals surface area (Å²) in [4.78, 5) is 11.1. The number of nitrogens with two attached hydrogens (primary N) is 1. The molecule has 0 fully saturated rings. The fourth-order valence-corrected chi connectivity index (χ4v) is 1.54. The lowest BCUT2D eigenvalue weighted by Gasteiger charge is -2.22. The monoisotopic (exact) mass is 272 g/mol. The van der Waals surface area contributed by atoms with Gasteiger partial charge in [-0.3, -0.25) is 4.79 Å². The number of carbonyl (C=O) groups is 1. The molecule has 1 rings (SSSR count). The van der Waals surface area contributed by atoms with Crippen LogP contribution in [0.5, 0.6) is 0 Å². The zero-order valence-corrected chi connectivity index (χ0v) is 10.9. The van der Waals surface area contributed by atoms with Crippen molar-refractivity contribution in [2.24, 2.45) is 11.1 Å². The summed E-state index contributed by atoms with van der Waals surface area (Å²) < 4.78 is 26.8. The number of halogens is 2. The molecule has 1 aromatic rings. The molecular weight excluding hydrogens is 254 g/mol. The maximum Gasteiger partial charge on any atom is 0.224 e. The minimum Gasteiger partial charge on any atom is -0.387 e. The van der Waals surface area contributed by atoms with Crippen LogP contribution in [-0.2, 0) is 4.79 Å². The Labute approximate surface area is 110 Å². The van der Waals surface area contributed by atoms with Gasteiger partial charge in [-0.25, -0.2) is 8.78 Å². The average molecular weight is 272 g/mol. The molecule has 106 valence electrons. The Bertz CT molecular complexity index is 444. The second-order valence-corrected chi connectivity index (χ2v) is 5.03. The lowest BCUT2D eigenvalue weighted by atomic mass is 9.92. The van der Waals surface area contributed by atoms with Gasteiger partial charge in [0.1, 0.15) is 11.6 Å². The van der Waals surface area contributed by atoms with Crippen molar-refractivity contribution < 1.29 is 18.7 Å². The van der Waals surface area contributed by atoms with E-state index in [9.17, 15) is 18.7 Å². The highest BCUT2D eigenvalue weighted by atomic mass is 19.1. The van der Waals surface area contributed by atoms with Crippen LogP contribution in [0.15, 0.2) is 18.2 Å². The molecule has 0 aromatic heterocycles. The predicted octanol–water partition coefficient (Wildman–Crippen LogP) is 1.10. The van der Waals surface area contributed by atoms with Crippen LogP contribution in [-0.4, -0.2) is 24.1 Å². The molecule has 0 aliphatic heterocycles. The fourth-order valence-electron chi connectivity index (χ4n) is 1.54. The van der Waals surface area contributed by atoms with Crippen LogP contribution >= 0.6 is 0 Å². The first-order chi connectivity index (χ1) is 8.75. The largest absolute Gasteiger partial charge is 0.387 e. The van der Waals surface area contributed by atoms with Gasteiger partial charge in [-0.15, -0.1) is 0 Å². The second kappa shape index (κ2) is 6.08. The summed E-state index contributed by atoms with van der Waals surface area (Å²) in [5.41, 5.74) is 4.00. The molecule has 1 atom stereocenters. The molecule has 6 heteroatoms. The van der Waals surface area contributed by atoms with Crippen molar-refractivity contribution in [3.63, 3.8) is 0 Å². The molecule has 0 saturated heterocycles. The third kappa shape index (κ3) is 3.97. The summed E-state index contributed by atoms with van der Waals surface area (Å²) in [7, 11) is 0. The van der Waals surface area contributed by atoms with Gasteiger partial charge in [0.15, 0.2) is 0 Å².